The number of aliphatic hydroxyl groups is 1. The predicted molar refractivity (Wildman–Crippen MR) is 40.8 cm³/mol. The fraction of sp³-hybridized carbons (Fsp3) is 0.714. The number of hydrogen-bond acceptors (Lipinski definition) is 1. The lowest BCUT2D eigenvalue weighted by Gasteiger charge is -1.98. The Bertz CT molecular complexity index is 88.9. The molecule has 0 spiro atoms. The Morgan fingerprint density at radius 1 is 1.67 bits per heavy atom. The molecule has 1 N–H and O–H groups in total. The standard InChI is InChI=1S/C7H13ClO/c1-2-7(6-8)4-3-5-9/h2,9H,3-6H2,1H3/b7-2+. The van der Waals surface area contributed by atoms with Gasteiger partial charge in [-0.25, -0.2) is 0 Å². The summed E-state index contributed by atoms with van der Waals surface area (Å²) in [5.41, 5.74) is 1.21. The SMILES string of the molecule is C/C=C(/CCl)CCCO. The third-order valence-electron chi connectivity index (χ3n) is 1.24. The van der Waals surface area contributed by atoms with Crippen molar-refractivity contribution in [2.45, 2.75) is 19.8 Å². The van der Waals surface area contributed by atoms with Gasteiger partial charge in [-0.1, -0.05) is 11.6 Å². The van der Waals surface area contributed by atoms with Crippen LogP contribution in [0.1, 0.15) is 19.8 Å². The zero-order valence-corrected chi connectivity index (χ0v) is 6.49. The summed E-state index contributed by atoms with van der Waals surface area (Å²) in [7, 11) is 0. The van der Waals surface area contributed by atoms with Gasteiger partial charge in [-0.2, -0.15) is 0 Å². The van der Waals surface area contributed by atoms with Gasteiger partial charge < -0.3 is 5.11 Å². The molecule has 9 heavy (non-hydrogen) atoms. The van der Waals surface area contributed by atoms with E-state index >= 15 is 0 Å². The van der Waals surface area contributed by atoms with Crippen molar-refractivity contribution in [2.75, 3.05) is 12.5 Å². The average molecular weight is 149 g/mol. The average Bonchev–Trinajstić information content (AvgIpc) is 1.91. The minimum atomic E-state index is 0.258. The first-order valence-electron chi connectivity index (χ1n) is 3.16. The van der Waals surface area contributed by atoms with Crippen molar-refractivity contribution in [2.24, 2.45) is 0 Å². The van der Waals surface area contributed by atoms with Crippen LogP contribution in [0.5, 0.6) is 0 Å². The molecule has 0 saturated carbocycles. The number of rotatable bonds is 4. The number of halogens is 1. The molecular formula is C7H13ClO. The molecule has 2 heteroatoms. The maximum atomic E-state index is 8.44. The molecule has 0 aliphatic rings. The van der Waals surface area contributed by atoms with Crippen molar-refractivity contribution < 1.29 is 5.11 Å². The molecule has 0 radical (unpaired) electrons. The van der Waals surface area contributed by atoms with E-state index in [-0.39, 0.29) is 6.61 Å². The normalized spacial score (nSPS) is 12.1. The molecule has 0 aromatic carbocycles. The summed E-state index contributed by atoms with van der Waals surface area (Å²) in [5.74, 6) is 0.594. The zero-order chi connectivity index (χ0) is 7.11. The van der Waals surface area contributed by atoms with Gasteiger partial charge >= 0.3 is 0 Å². The second-order valence-electron chi connectivity index (χ2n) is 1.91. The van der Waals surface area contributed by atoms with E-state index in [1.165, 1.54) is 5.57 Å². The first-order chi connectivity index (χ1) is 4.35. The van der Waals surface area contributed by atoms with Crippen molar-refractivity contribution in [3.8, 4) is 0 Å². The van der Waals surface area contributed by atoms with E-state index in [1.54, 1.807) is 0 Å². The van der Waals surface area contributed by atoms with Crippen molar-refractivity contribution >= 4 is 11.6 Å². The topological polar surface area (TPSA) is 20.2 Å². The van der Waals surface area contributed by atoms with E-state index < -0.39 is 0 Å². The molecule has 54 valence electrons. The Hall–Kier alpha value is -0.0100. The van der Waals surface area contributed by atoms with Crippen LogP contribution in [-0.4, -0.2) is 17.6 Å². The summed E-state index contributed by atoms with van der Waals surface area (Å²) < 4.78 is 0. The Kier molecular flexibility index (Phi) is 6.11. The Morgan fingerprint density at radius 2 is 2.33 bits per heavy atom. The van der Waals surface area contributed by atoms with Crippen LogP contribution >= 0.6 is 11.6 Å². The third-order valence-corrected chi connectivity index (χ3v) is 1.58. The molecule has 0 aromatic heterocycles. The van der Waals surface area contributed by atoms with Gasteiger partial charge in [0.25, 0.3) is 0 Å². The molecule has 0 heterocycles. The van der Waals surface area contributed by atoms with Crippen LogP contribution in [0, 0.1) is 0 Å². The van der Waals surface area contributed by atoms with Crippen LogP contribution in [0.3, 0.4) is 0 Å². The first kappa shape index (κ1) is 8.99. The predicted octanol–water partition coefficient (Wildman–Crippen LogP) is 1.94. The number of hydrogen-bond donors (Lipinski definition) is 1. The maximum Gasteiger partial charge on any atom is 0.0434 e. The van der Waals surface area contributed by atoms with Crippen LogP contribution in [-0.2, 0) is 0 Å². The van der Waals surface area contributed by atoms with Gasteiger partial charge in [-0.15, -0.1) is 11.6 Å². The Balaban J connectivity index is 3.33. The summed E-state index contributed by atoms with van der Waals surface area (Å²) in [4.78, 5) is 0. The monoisotopic (exact) mass is 148 g/mol. The summed E-state index contributed by atoms with van der Waals surface area (Å²) in [6.45, 7) is 2.23. The fourth-order valence-corrected chi connectivity index (χ4v) is 0.882. The van der Waals surface area contributed by atoms with Gasteiger partial charge in [0, 0.05) is 12.5 Å². The van der Waals surface area contributed by atoms with Crippen LogP contribution in [0.2, 0.25) is 0 Å². The molecule has 0 rings (SSSR count). The Morgan fingerprint density at radius 3 is 2.67 bits per heavy atom. The van der Waals surface area contributed by atoms with Crippen molar-refractivity contribution in [1.82, 2.24) is 0 Å². The number of allylic oxidation sites excluding steroid dienone is 2. The van der Waals surface area contributed by atoms with E-state index in [9.17, 15) is 0 Å². The highest BCUT2D eigenvalue weighted by molar-refractivity contribution is 6.19. The van der Waals surface area contributed by atoms with Crippen LogP contribution in [0.15, 0.2) is 11.6 Å². The van der Waals surface area contributed by atoms with E-state index in [2.05, 4.69) is 0 Å². The van der Waals surface area contributed by atoms with E-state index in [4.69, 9.17) is 16.7 Å². The van der Waals surface area contributed by atoms with E-state index in [0.717, 1.165) is 12.8 Å². The lowest BCUT2D eigenvalue weighted by Crippen LogP contribution is -1.88. The van der Waals surface area contributed by atoms with Gasteiger partial charge in [0.05, 0.1) is 0 Å². The molecule has 1 nitrogen and oxygen atoms in total. The van der Waals surface area contributed by atoms with Crippen molar-refractivity contribution in [3.63, 3.8) is 0 Å². The zero-order valence-electron chi connectivity index (χ0n) is 5.73. The van der Waals surface area contributed by atoms with Gasteiger partial charge in [0.2, 0.25) is 0 Å². The Labute approximate surface area is 61.3 Å². The van der Waals surface area contributed by atoms with Crippen LogP contribution in [0.4, 0.5) is 0 Å². The first-order valence-corrected chi connectivity index (χ1v) is 3.69. The largest absolute Gasteiger partial charge is 0.396 e. The van der Waals surface area contributed by atoms with E-state index in [0.29, 0.717) is 5.88 Å². The minimum Gasteiger partial charge on any atom is -0.396 e. The second-order valence-corrected chi connectivity index (χ2v) is 2.17. The third kappa shape index (κ3) is 4.49. The second kappa shape index (κ2) is 6.12. The lowest BCUT2D eigenvalue weighted by atomic mass is 10.2. The summed E-state index contributed by atoms with van der Waals surface area (Å²) in [6.07, 6.45) is 3.76. The molecule has 0 fully saturated rings. The molecule has 0 bridgehead atoms. The highest BCUT2D eigenvalue weighted by atomic mass is 35.5. The summed E-state index contributed by atoms with van der Waals surface area (Å²) >= 11 is 5.55. The van der Waals surface area contributed by atoms with E-state index in [1.807, 2.05) is 13.0 Å². The van der Waals surface area contributed by atoms with Crippen LogP contribution < -0.4 is 0 Å². The lowest BCUT2D eigenvalue weighted by molar-refractivity contribution is 0.288. The quantitative estimate of drug-likeness (QED) is 0.477. The molecule has 0 aromatic rings. The molecular weight excluding hydrogens is 136 g/mol. The highest BCUT2D eigenvalue weighted by Gasteiger charge is 1.91. The van der Waals surface area contributed by atoms with Gasteiger partial charge in [-0.05, 0) is 19.8 Å². The molecule has 0 aliphatic heterocycles. The van der Waals surface area contributed by atoms with Crippen molar-refractivity contribution in [3.05, 3.63) is 11.6 Å². The number of aliphatic hydroxyl groups excluding tert-OH is 1. The molecule has 0 saturated heterocycles. The highest BCUT2D eigenvalue weighted by Crippen LogP contribution is 2.05. The maximum absolute atomic E-state index is 8.44. The molecule has 0 aliphatic carbocycles. The smallest absolute Gasteiger partial charge is 0.0434 e. The summed E-state index contributed by atoms with van der Waals surface area (Å²) in [5, 5.41) is 8.44. The number of alkyl halides is 1. The molecule has 0 amide bonds. The van der Waals surface area contributed by atoms with Gasteiger partial charge in [-0.3, -0.25) is 0 Å². The molecule has 0 unspecified atom stereocenters. The molecule has 0 atom stereocenters. The minimum absolute atomic E-state index is 0.258. The van der Waals surface area contributed by atoms with Gasteiger partial charge in [0.15, 0.2) is 0 Å². The fourth-order valence-electron chi connectivity index (χ4n) is 0.594. The van der Waals surface area contributed by atoms with Crippen molar-refractivity contribution in [1.29, 1.82) is 0 Å². The van der Waals surface area contributed by atoms with Crippen LogP contribution in [0.25, 0.3) is 0 Å². The van der Waals surface area contributed by atoms with Gasteiger partial charge in [0.1, 0.15) is 0 Å². The summed E-state index contributed by atoms with van der Waals surface area (Å²) in [6, 6.07) is 0.